The van der Waals surface area contributed by atoms with E-state index >= 15 is 0 Å². The Morgan fingerprint density at radius 3 is 2.26 bits per heavy atom. The number of amides is 1. The highest BCUT2D eigenvalue weighted by Crippen LogP contribution is 2.27. The summed E-state index contributed by atoms with van der Waals surface area (Å²) in [6.07, 6.45) is -4.37. The van der Waals surface area contributed by atoms with E-state index in [4.69, 9.17) is 10.5 Å². The van der Waals surface area contributed by atoms with Crippen LogP contribution in [0.2, 0.25) is 0 Å². The number of nitrogens with zero attached hydrogens (tertiary/aromatic N) is 1. The quantitative estimate of drug-likeness (QED) is 0.871. The van der Waals surface area contributed by atoms with Crippen LogP contribution in [0.25, 0.3) is 0 Å². The van der Waals surface area contributed by atoms with Crippen molar-refractivity contribution in [1.82, 2.24) is 4.90 Å². The third-order valence-corrected chi connectivity index (χ3v) is 3.47. The molecular formula is C16H23F3N2O2. The molecule has 0 aromatic heterocycles. The maximum Gasteiger partial charge on any atom is 0.422 e. The number of aryl methyl sites for hydroxylation is 2. The van der Waals surface area contributed by atoms with Crippen molar-refractivity contribution in [3.8, 4) is 5.75 Å². The number of hydrogen-bond acceptors (Lipinski definition) is 3. The molecule has 0 fully saturated rings. The van der Waals surface area contributed by atoms with Gasteiger partial charge in [0.15, 0.2) is 6.61 Å². The molecule has 1 rings (SSSR count). The lowest BCUT2D eigenvalue weighted by Gasteiger charge is -2.22. The Kier molecular flexibility index (Phi) is 6.44. The fourth-order valence-corrected chi connectivity index (χ4v) is 2.34. The molecule has 1 aromatic carbocycles. The Morgan fingerprint density at radius 1 is 1.30 bits per heavy atom. The predicted octanol–water partition coefficient (Wildman–Crippen LogP) is 2.80. The molecule has 0 saturated carbocycles. The van der Waals surface area contributed by atoms with E-state index in [-0.39, 0.29) is 24.1 Å². The molecule has 130 valence electrons. The molecule has 0 aliphatic carbocycles. The molecule has 0 aliphatic heterocycles. The molecule has 0 radical (unpaired) electrons. The molecule has 1 atom stereocenters. The minimum Gasteiger partial charge on any atom is -0.484 e. The number of carbonyl (C=O) groups excluding carboxylic acids is 1. The van der Waals surface area contributed by atoms with E-state index in [1.54, 1.807) is 44.9 Å². The summed E-state index contributed by atoms with van der Waals surface area (Å²) in [5.41, 5.74) is 7.53. The van der Waals surface area contributed by atoms with E-state index in [1.807, 2.05) is 0 Å². The van der Waals surface area contributed by atoms with Gasteiger partial charge < -0.3 is 15.4 Å². The molecule has 0 saturated heterocycles. The van der Waals surface area contributed by atoms with Gasteiger partial charge in [-0.25, -0.2) is 0 Å². The number of benzene rings is 1. The standard InChI is InChI=1S/C16H23F3N2O2/c1-10-5-13(8-21(4)15(22)12(3)7-20)6-11(2)14(10)23-9-16(17,18)19/h5-6,12H,7-9,20H2,1-4H3. The summed E-state index contributed by atoms with van der Waals surface area (Å²) < 4.78 is 41.7. The molecule has 23 heavy (non-hydrogen) atoms. The minimum atomic E-state index is -4.37. The van der Waals surface area contributed by atoms with Gasteiger partial charge in [0, 0.05) is 26.1 Å². The molecule has 7 heteroatoms. The van der Waals surface area contributed by atoms with Gasteiger partial charge in [-0.05, 0) is 30.5 Å². The Balaban J connectivity index is 2.86. The van der Waals surface area contributed by atoms with E-state index in [9.17, 15) is 18.0 Å². The summed E-state index contributed by atoms with van der Waals surface area (Å²) in [4.78, 5) is 13.6. The van der Waals surface area contributed by atoms with Crippen LogP contribution in [0.5, 0.6) is 5.75 Å². The highest BCUT2D eigenvalue weighted by molar-refractivity contribution is 5.78. The average Bonchev–Trinajstić information content (AvgIpc) is 2.43. The Labute approximate surface area is 134 Å². The van der Waals surface area contributed by atoms with Crippen molar-refractivity contribution in [2.24, 2.45) is 11.7 Å². The lowest BCUT2D eigenvalue weighted by atomic mass is 10.0. The van der Waals surface area contributed by atoms with Crippen molar-refractivity contribution < 1.29 is 22.7 Å². The molecule has 1 unspecified atom stereocenters. The Bertz CT molecular complexity index is 536. The second-order valence-corrected chi connectivity index (χ2v) is 5.79. The zero-order chi connectivity index (χ0) is 17.8. The summed E-state index contributed by atoms with van der Waals surface area (Å²) in [6, 6.07) is 3.46. The van der Waals surface area contributed by atoms with Gasteiger partial charge in [-0.3, -0.25) is 4.79 Å². The van der Waals surface area contributed by atoms with Gasteiger partial charge in [-0.1, -0.05) is 19.1 Å². The van der Waals surface area contributed by atoms with Crippen LogP contribution in [0.1, 0.15) is 23.6 Å². The zero-order valence-electron chi connectivity index (χ0n) is 13.8. The third kappa shape index (κ3) is 5.74. The fourth-order valence-electron chi connectivity index (χ4n) is 2.34. The SMILES string of the molecule is Cc1cc(CN(C)C(=O)C(C)CN)cc(C)c1OCC(F)(F)F. The molecule has 0 heterocycles. The summed E-state index contributed by atoms with van der Waals surface area (Å²) in [7, 11) is 1.67. The predicted molar refractivity (Wildman–Crippen MR) is 82.2 cm³/mol. The lowest BCUT2D eigenvalue weighted by molar-refractivity contribution is -0.153. The molecule has 1 amide bonds. The largest absolute Gasteiger partial charge is 0.484 e. The number of halogens is 3. The van der Waals surface area contributed by atoms with Crippen LogP contribution in [0, 0.1) is 19.8 Å². The second kappa shape index (κ2) is 7.68. The highest BCUT2D eigenvalue weighted by Gasteiger charge is 2.29. The molecule has 0 bridgehead atoms. The van der Waals surface area contributed by atoms with Crippen molar-refractivity contribution in [1.29, 1.82) is 0 Å². The fraction of sp³-hybridized carbons (Fsp3) is 0.562. The molecule has 4 nitrogen and oxygen atoms in total. The highest BCUT2D eigenvalue weighted by atomic mass is 19.4. The number of nitrogens with two attached hydrogens (primary N) is 1. The summed E-state index contributed by atoms with van der Waals surface area (Å²) in [5, 5.41) is 0. The smallest absolute Gasteiger partial charge is 0.422 e. The van der Waals surface area contributed by atoms with Crippen LogP contribution in [0.4, 0.5) is 13.2 Å². The number of rotatable bonds is 6. The van der Waals surface area contributed by atoms with Crippen molar-refractivity contribution in [2.75, 3.05) is 20.2 Å². The van der Waals surface area contributed by atoms with Crippen molar-refractivity contribution in [3.63, 3.8) is 0 Å². The van der Waals surface area contributed by atoms with Crippen LogP contribution < -0.4 is 10.5 Å². The van der Waals surface area contributed by atoms with E-state index in [1.165, 1.54) is 0 Å². The number of carbonyl (C=O) groups is 1. The Morgan fingerprint density at radius 2 is 1.83 bits per heavy atom. The zero-order valence-corrected chi connectivity index (χ0v) is 13.8. The Hall–Kier alpha value is -1.76. The van der Waals surface area contributed by atoms with Gasteiger partial charge in [0.25, 0.3) is 0 Å². The molecular weight excluding hydrogens is 309 g/mol. The summed E-state index contributed by atoms with van der Waals surface area (Å²) in [6.45, 7) is 4.44. The van der Waals surface area contributed by atoms with Crippen LogP contribution in [0.3, 0.4) is 0 Å². The van der Waals surface area contributed by atoms with Crippen LogP contribution in [-0.4, -0.2) is 37.2 Å². The summed E-state index contributed by atoms with van der Waals surface area (Å²) in [5.74, 6) is -0.104. The molecule has 0 aliphatic rings. The van der Waals surface area contributed by atoms with Crippen molar-refractivity contribution in [2.45, 2.75) is 33.5 Å². The normalized spacial score (nSPS) is 12.9. The number of alkyl halides is 3. The van der Waals surface area contributed by atoms with Gasteiger partial charge in [0.1, 0.15) is 5.75 Å². The first-order valence-corrected chi connectivity index (χ1v) is 7.30. The molecule has 1 aromatic rings. The first-order valence-electron chi connectivity index (χ1n) is 7.30. The van der Waals surface area contributed by atoms with E-state index in [0.717, 1.165) is 5.56 Å². The van der Waals surface area contributed by atoms with Gasteiger partial charge in [-0.15, -0.1) is 0 Å². The summed E-state index contributed by atoms with van der Waals surface area (Å²) >= 11 is 0. The van der Waals surface area contributed by atoms with Crippen molar-refractivity contribution in [3.05, 3.63) is 28.8 Å². The van der Waals surface area contributed by atoms with Gasteiger partial charge in [0.05, 0.1) is 0 Å². The van der Waals surface area contributed by atoms with Gasteiger partial charge >= 0.3 is 6.18 Å². The molecule has 2 N–H and O–H groups in total. The van der Waals surface area contributed by atoms with E-state index in [2.05, 4.69) is 0 Å². The van der Waals surface area contributed by atoms with Crippen LogP contribution >= 0.6 is 0 Å². The second-order valence-electron chi connectivity index (χ2n) is 5.79. The van der Waals surface area contributed by atoms with E-state index in [0.29, 0.717) is 17.7 Å². The van der Waals surface area contributed by atoms with Crippen molar-refractivity contribution >= 4 is 5.91 Å². The minimum absolute atomic E-state index is 0.0693. The lowest BCUT2D eigenvalue weighted by Crippen LogP contribution is -2.34. The first-order chi connectivity index (χ1) is 10.5. The maximum absolute atomic E-state index is 12.3. The average molecular weight is 332 g/mol. The van der Waals surface area contributed by atoms with Crippen LogP contribution in [-0.2, 0) is 11.3 Å². The van der Waals surface area contributed by atoms with E-state index < -0.39 is 12.8 Å². The number of hydrogen-bond donors (Lipinski definition) is 1. The monoisotopic (exact) mass is 332 g/mol. The maximum atomic E-state index is 12.3. The third-order valence-electron chi connectivity index (χ3n) is 3.47. The molecule has 0 spiro atoms. The first kappa shape index (κ1) is 19.3. The van der Waals surface area contributed by atoms with Gasteiger partial charge in [0.2, 0.25) is 5.91 Å². The number of ether oxygens (including phenoxy) is 1. The topological polar surface area (TPSA) is 55.6 Å². The van der Waals surface area contributed by atoms with Crippen LogP contribution in [0.15, 0.2) is 12.1 Å². The van der Waals surface area contributed by atoms with Gasteiger partial charge in [-0.2, -0.15) is 13.2 Å².